The first kappa shape index (κ1) is 12.4. The lowest BCUT2D eigenvalue weighted by Gasteiger charge is -2.19. The van der Waals surface area contributed by atoms with Crippen molar-refractivity contribution in [3.8, 4) is 0 Å². The fraction of sp³-hybridized carbons (Fsp3) is 0.556. The lowest BCUT2D eigenvalue weighted by molar-refractivity contribution is 0.821. The standard InChI is InChI=1S/C9H15ClN4S/c1-3-14(4-2)9-12-7(10)6(5-15)8(11)13-9/h15H,3-5H2,1-2H3,(H2,11,12,13). The van der Waals surface area contributed by atoms with Gasteiger partial charge in [-0.3, -0.25) is 0 Å². The molecule has 0 aliphatic rings. The number of hydrogen-bond acceptors (Lipinski definition) is 5. The Balaban J connectivity index is 3.12. The van der Waals surface area contributed by atoms with Crippen LogP contribution in [-0.2, 0) is 5.75 Å². The largest absolute Gasteiger partial charge is 0.383 e. The van der Waals surface area contributed by atoms with E-state index in [0.29, 0.717) is 28.2 Å². The third-order valence-corrected chi connectivity index (χ3v) is 2.81. The van der Waals surface area contributed by atoms with Crippen LogP contribution in [0, 0.1) is 0 Å². The molecule has 0 radical (unpaired) electrons. The third-order valence-electron chi connectivity index (χ3n) is 2.18. The summed E-state index contributed by atoms with van der Waals surface area (Å²) in [6.07, 6.45) is 0. The zero-order chi connectivity index (χ0) is 11.4. The molecule has 0 saturated heterocycles. The van der Waals surface area contributed by atoms with E-state index in [1.165, 1.54) is 0 Å². The van der Waals surface area contributed by atoms with Crippen LogP contribution in [0.1, 0.15) is 19.4 Å². The molecule has 0 fully saturated rings. The van der Waals surface area contributed by atoms with Crippen LogP contribution in [0.3, 0.4) is 0 Å². The van der Waals surface area contributed by atoms with E-state index in [9.17, 15) is 0 Å². The van der Waals surface area contributed by atoms with Gasteiger partial charge in [-0.2, -0.15) is 17.6 Å². The fourth-order valence-corrected chi connectivity index (χ4v) is 1.90. The molecular formula is C9H15ClN4S. The zero-order valence-corrected chi connectivity index (χ0v) is 10.5. The first-order chi connectivity index (χ1) is 7.13. The number of halogens is 1. The average Bonchev–Trinajstić information content (AvgIpc) is 2.19. The number of rotatable bonds is 4. The van der Waals surface area contributed by atoms with E-state index in [1.54, 1.807) is 0 Å². The summed E-state index contributed by atoms with van der Waals surface area (Å²) in [7, 11) is 0. The van der Waals surface area contributed by atoms with Gasteiger partial charge in [-0.25, -0.2) is 4.98 Å². The van der Waals surface area contributed by atoms with Crippen molar-refractivity contribution >= 4 is 36.0 Å². The van der Waals surface area contributed by atoms with E-state index in [2.05, 4.69) is 22.6 Å². The molecule has 1 aromatic rings. The number of anilines is 2. The van der Waals surface area contributed by atoms with E-state index in [0.717, 1.165) is 13.1 Å². The van der Waals surface area contributed by atoms with E-state index in [4.69, 9.17) is 17.3 Å². The highest BCUT2D eigenvalue weighted by Gasteiger charge is 2.12. The van der Waals surface area contributed by atoms with Gasteiger partial charge in [0, 0.05) is 24.4 Å². The lowest BCUT2D eigenvalue weighted by atomic mass is 10.3. The predicted octanol–water partition coefficient (Wildman–Crippen LogP) is 1.99. The lowest BCUT2D eigenvalue weighted by Crippen LogP contribution is -2.24. The summed E-state index contributed by atoms with van der Waals surface area (Å²) >= 11 is 10.1. The van der Waals surface area contributed by atoms with Crippen LogP contribution in [-0.4, -0.2) is 23.1 Å². The molecule has 1 rings (SSSR count). The summed E-state index contributed by atoms with van der Waals surface area (Å²) in [6.45, 7) is 5.71. The molecule has 0 spiro atoms. The molecule has 1 aromatic heterocycles. The van der Waals surface area contributed by atoms with Gasteiger partial charge in [0.1, 0.15) is 11.0 Å². The third kappa shape index (κ3) is 2.66. The molecule has 0 unspecified atom stereocenters. The molecule has 0 bridgehead atoms. The molecule has 0 saturated carbocycles. The van der Waals surface area contributed by atoms with Crippen LogP contribution in [0.15, 0.2) is 0 Å². The van der Waals surface area contributed by atoms with Gasteiger partial charge in [-0.15, -0.1) is 0 Å². The molecule has 0 atom stereocenters. The molecular weight excluding hydrogens is 232 g/mol. The van der Waals surface area contributed by atoms with Crippen molar-refractivity contribution in [2.45, 2.75) is 19.6 Å². The Bertz CT molecular complexity index is 318. The Morgan fingerprint density at radius 1 is 1.33 bits per heavy atom. The number of nitrogens with two attached hydrogens (primary N) is 1. The minimum atomic E-state index is 0.388. The predicted molar refractivity (Wildman–Crippen MR) is 67.7 cm³/mol. The monoisotopic (exact) mass is 246 g/mol. The highest BCUT2D eigenvalue weighted by Crippen LogP contribution is 2.23. The van der Waals surface area contributed by atoms with Crippen molar-refractivity contribution in [3.63, 3.8) is 0 Å². The van der Waals surface area contributed by atoms with Crippen LogP contribution in [0.25, 0.3) is 0 Å². The van der Waals surface area contributed by atoms with Crippen molar-refractivity contribution in [3.05, 3.63) is 10.7 Å². The zero-order valence-electron chi connectivity index (χ0n) is 8.87. The Kier molecular flexibility index (Phi) is 4.47. The van der Waals surface area contributed by atoms with Crippen LogP contribution >= 0.6 is 24.2 Å². The summed E-state index contributed by atoms with van der Waals surface area (Å²) in [4.78, 5) is 10.4. The maximum Gasteiger partial charge on any atom is 0.228 e. The number of nitrogen functional groups attached to an aromatic ring is 1. The quantitative estimate of drug-likeness (QED) is 0.630. The Morgan fingerprint density at radius 3 is 2.33 bits per heavy atom. The molecule has 0 amide bonds. The van der Waals surface area contributed by atoms with Gasteiger partial charge < -0.3 is 10.6 Å². The van der Waals surface area contributed by atoms with Crippen molar-refractivity contribution in [2.24, 2.45) is 0 Å². The van der Waals surface area contributed by atoms with Crippen molar-refractivity contribution in [1.82, 2.24) is 9.97 Å². The molecule has 6 heteroatoms. The van der Waals surface area contributed by atoms with Gasteiger partial charge in [0.05, 0.1) is 0 Å². The molecule has 0 aliphatic carbocycles. The minimum absolute atomic E-state index is 0.388. The summed E-state index contributed by atoms with van der Waals surface area (Å²) in [5.41, 5.74) is 6.46. The van der Waals surface area contributed by atoms with Crippen molar-refractivity contribution in [2.75, 3.05) is 23.7 Å². The van der Waals surface area contributed by atoms with Gasteiger partial charge in [-0.1, -0.05) is 11.6 Å². The highest BCUT2D eigenvalue weighted by molar-refractivity contribution is 7.79. The first-order valence-electron chi connectivity index (χ1n) is 4.81. The second kappa shape index (κ2) is 5.42. The van der Waals surface area contributed by atoms with E-state index < -0.39 is 0 Å². The smallest absolute Gasteiger partial charge is 0.228 e. The number of thiol groups is 1. The molecule has 2 N–H and O–H groups in total. The second-order valence-electron chi connectivity index (χ2n) is 3.01. The first-order valence-corrected chi connectivity index (χ1v) is 5.82. The van der Waals surface area contributed by atoms with Crippen molar-refractivity contribution < 1.29 is 0 Å². The van der Waals surface area contributed by atoms with Crippen LogP contribution < -0.4 is 10.6 Å². The molecule has 84 valence electrons. The Morgan fingerprint density at radius 2 is 1.93 bits per heavy atom. The summed E-state index contributed by atoms with van der Waals surface area (Å²) in [5, 5.41) is 0.388. The maximum atomic E-state index is 5.99. The fourth-order valence-electron chi connectivity index (χ4n) is 1.26. The summed E-state index contributed by atoms with van der Waals surface area (Å²) in [5.74, 6) is 1.43. The van der Waals surface area contributed by atoms with Gasteiger partial charge in [0.25, 0.3) is 0 Å². The van der Waals surface area contributed by atoms with Gasteiger partial charge >= 0.3 is 0 Å². The molecule has 0 aromatic carbocycles. The van der Waals surface area contributed by atoms with Crippen LogP contribution in [0.4, 0.5) is 11.8 Å². The minimum Gasteiger partial charge on any atom is -0.383 e. The highest BCUT2D eigenvalue weighted by atomic mass is 35.5. The summed E-state index contributed by atoms with van der Waals surface area (Å²) in [6, 6.07) is 0. The van der Waals surface area contributed by atoms with Crippen molar-refractivity contribution in [1.29, 1.82) is 0 Å². The Labute approximate surface area is 100 Å². The number of nitrogens with zero attached hydrogens (tertiary/aromatic N) is 3. The maximum absolute atomic E-state index is 5.99. The normalized spacial score (nSPS) is 10.4. The van der Waals surface area contributed by atoms with E-state index >= 15 is 0 Å². The topological polar surface area (TPSA) is 55.0 Å². The van der Waals surface area contributed by atoms with E-state index in [-0.39, 0.29) is 0 Å². The van der Waals surface area contributed by atoms with Gasteiger partial charge in [0.2, 0.25) is 5.95 Å². The van der Waals surface area contributed by atoms with Crippen LogP contribution in [0.5, 0.6) is 0 Å². The molecule has 0 aliphatic heterocycles. The second-order valence-corrected chi connectivity index (χ2v) is 3.68. The van der Waals surface area contributed by atoms with Gasteiger partial charge in [0.15, 0.2) is 0 Å². The summed E-state index contributed by atoms with van der Waals surface area (Å²) < 4.78 is 0. The van der Waals surface area contributed by atoms with Crippen LogP contribution in [0.2, 0.25) is 5.15 Å². The average molecular weight is 247 g/mol. The number of hydrogen-bond donors (Lipinski definition) is 2. The molecule has 1 heterocycles. The van der Waals surface area contributed by atoms with E-state index in [1.807, 2.05) is 18.7 Å². The Hall–Kier alpha value is -0.680. The molecule has 4 nitrogen and oxygen atoms in total. The SMILES string of the molecule is CCN(CC)c1nc(N)c(CS)c(Cl)n1. The van der Waals surface area contributed by atoms with Gasteiger partial charge in [-0.05, 0) is 13.8 Å². The number of aromatic nitrogens is 2. The molecule has 15 heavy (non-hydrogen) atoms.